The third kappa shape index (κ3) is 6.01. The summed E-state index contributed by atoms with van der Waals surface area (Å²) in [6, 6.07) is 5.55. The van der Waals surface area contributed by atoms with Crippen LogP contribution in [0.25, 0.3) is 0 Å². The Kier molecular flexibility index (Phi) is 7.77. The summed E-state index contributed by atoms with van der Waals surface area (Å²) in [5, 5.41) is 2.67. The largest absolute Gasteiger partial charge is 0.493 e. The zero-order valence-corrected chi connectivity index (χ0v) is 13.0. The SMILES string of the molecule is COCC(=O)OCC(=O)NCCc1ccc(OC)c(OC)c1. The second-order valence-electron chi connectivity index (χ2n) is 4.38. The minimum atomic E-state index is -0.572. The van der Waals surface area contributed by atoms with E-state index in [-0.39, 0.29) is 19.1 Å². The van der Waals surface area contributed by atoms with Crippen molar-refractivity contribution in [2.75, 3.05) is 41.1 Å². The van der Waals surface area contributed by atoms with E-state index in [9.17, 15) is 9.59 Å². The van der Waals surface area contributed by atoms with E-state index in [0.717, 1.165) is 5.56 Å². The van der Waals surface area contributed by atoms with Gasteiger partial charge in [-0.25, -0.2) is 4.79 Å². The van der Waals surface area contributed by atoms with Gasteiger partial charge in [-0.05, 0) is 24.1 Å². The first kappa shape index (κ1) is 17.8. The molecular formula is C15H21NO6. The van der Waals surface area contributed by atoms with Crippen LogP contribution in [-0.4, -0.2) is 53.0 Å². The van der Waals surface area contributed by atoms with Gasteiger partial charge in [-0.1, -0.05) is 6.07 Å². The van der Waals surface area contributed by atoms with Gasteiger partial charge >= 0.3 is 5.97 Å². The molecule has 0 aliphatic rings. The average Bonchev–Trinajstić information content (AvgIpc) is 2.53. The summed E-state index contributed by atoms with van der Waals surface area (Å²) in [5.41, 5.74) is 0.995. The van der Waals surface area contributed by atoms with Gasteiger partial charge in [0.1, 0.15) is 6.61 Å². The molecule has 7 heteroatoms. The van der Waals surface area contributed by atoms with Gasteiger partial charge in [0.25, 0.3) is 5.91 Å². The number of esters is 1. The summed E-state index contributed by atoms with van der Waals surface area (Å²) < 4.78 is 19.7. The molecule has 7 nitrogen and oxygen atoms in total. The molecule has 0 heterocycles. The lowest BCUT2D eigenvalue weighted by molar-refractivity contribution is -0.152. The van der Waals surface area contributed by atoms with E-state index in [4.69, 9.17) is 14.2 Å². The van der Waals surface area contributed by atoms with Gasteiger partial charge < -0.3 is 24.3 Å². The number of rotatable bonds is 9. The third-order valence-electron chi connectivity index (χ3n) is 2.81. The van der Waals surface area contributed by atoms with Crippen molar-refractivity contribution < 1.29 is 28.5 Å². The van der Waals surface area contributed by atoms with Crippen LogP contribution in [0.5, 0.6) is 11.5 Å². The molecular weight excluding hydrogens is 290 g/mol. The van der Waals surface area contributed by atoms with Crippen LogP contribution in [0.4, 0.5) is 0 Å². The van der Waals surface area contributed by atoms with Gasteiger partial charge in [0.05, 0.1) is 14.2 Å². The Labute approximate surface area is 129 Å². The number of hydrogen-bond donors (Lipinski definition) is 1. The van der Waals surface area contributed by atoms with Crippen LogP contribution in [0.2, 0.25) is 0 Å². The first-order chi connectivity index (χ1) is 10.6. The number of nitrogens with one attached hydrogen (secondary N) is 1. The summed E-state index contributed by atoms with van der Waals surface area (Å²) in [6.07, 6.45) is 0.623. The number of ether oxygens (including phenoxy) is 4. The molecule has 0 atom stereocenters. The molecule has 0 aliphatic heterocycles. The van der Waals surface area contributed by atoms with E-state index in [1.54, 1.807) is 14.2 Å². The van der Waals surface area contributed by atoms with Gasteiger partial charge in [-0.15, -0.1) is 0 Å². The molecule has 0 aromatic heterocycles. The van der Waals surface area contributed by atoms with Crippen molar-refractivity contribution in [2.45, 2.75) is 6.42 Å². The van der Waals surface area contributed by atoms with Crippen LogP contribution < -0.4 is 14.8 Å². The molecule has 0 fully saturated rings. The maximum atomic E-state index is 11.5. The number of carbonyl (C=O) groups excluding carboxylic acids is 2. The Morgan fingerprint density at radius 3 is 2.41 bits per heavy atom. The third-order valence-corrected chi connectivity index (χ3v) is 2.81. The lowest BCUT2D eigenvalue weighted by atomic mass is 10.1. The van der Waals surface area contributed by atoms with Crippen LogP contribution in [0.15, 0.2) is 18.2 Å². The second-order valence-corrected chi connectivity index (χ2v) is 4.38. The molecule has 0 saturated heterocycles. The summed E-state index contributed by atoms with van der Waals surface area (Å²) in [7, 11) is 4.52. The number of amides is 1. The zero-order valence-electron chi connectivity index (χ0n) is 13.0. The van der Waals surface area contributed by atoms with Gasteiger partial charge in [0, 0.05) is 13.7 Å². The number of hydrogen-bond acceptors (Lipinski definition) is 6. The van der Waals surface area contributed by atoms with Crippen LogP contribution in [0.1, 0.15) is 5.56 Å². The number of benzene rings is 1. The van der Waals surface area contributed by atoms with Crippen molar-refractivity contribution in [1.82, 2.24) is 5.32 Å². The van der Waals surface area contributed by atoms with Crippen molar-refractivity contribution >= 4 is 11.9 Å². The minimum Gasteiger partial charge on any atom is -0.493 e. The first-order valence-electron chi connectivity index (χ1n) is 6.72. The van der Waals surface area contributed by atoms with Crippen molar-refractivity contribution in [2.24, 2.45) is 0 Å². The molecule has 0 spiro atoms. The van der Waals surface area contributed by atoms with Crippen molar-refractivity contribution in [3.63, 3.8) is 0 Å². The fourth-order valence-corrected chi connectivity index (χ4v) is 1.74. The highest BCUT2D eigenvalue weighted by Crippen LogP contribution is 2.27. The summed E-state index contributed by atoms with van der Waals surface area (Å²) in [4.78, 5) is 22.5. The molecule has 0 radical (unpaired) electrons. The Hall–Kier alpha value is -2.28. The number of methoxy groups -OCH3 is 3. The van der Waals surface area contributed by atoms with E-state index in [1.165, 1.54) is 7.11 Å². The Balaban J connectivity index is 2.34. The van der Waals surface area contributed by atoms with Crippen molar-refractivity contribution in [3.8, 4) is 11.5 Å². The van der Waals surface area contributed by atoms with Crippen LogP contribution in [0.3, 0.4) is 0 Å². The second kappa shape index (κ2) is 9.62. The highest BCUT2D eigenvalue weighted by atomic mass is 16.6. The maximum Gasteiger partial charge on any atom is 0.332 e. The zero-order chi connectivity index (χ0) is 16.4. The fourth-order valence-electron chi connectivity index (χ4n) is 1.74. The summed E-state index contributed by atoms with van der Waals surface area (Å²) >= 11 is 0. The molecule has 1 rings (SSSR count). The van der Waals surface area contributed by atoms with Crippen LogP contribution >= 0.6 is 0 Å². The molecule has 22 heavy (non-hydrogen) atoms. The molecule has 0 aliphatic carbocycles. The van der Waals surface area contributed by atoms with Gasteiger partial charge in [-0.3, -0.25) is 4.79 Å². The van der Waals surface area contributed by atoms with E-state index in [1.807, 2.05) is 18.2 Å². The molecule has 0 unspecified atom stereocenters. The van der Waals surface area contributed by atoms with Gasteiger partial charge in [0.15, 0.2) is 18.1 Å². The van der Waals surface area contributed by atoms with Crippen molar-refractivity contribution in [1.29, 1.82) is 0 Å². The molecule has 122 valence electrons. The Morgan fingerprint density at radius 1 is 1.05 bits per heavy atom. The van der Waals surface area contributed by atoms with E-state index >= 15 is 0 Å². The molecule has 1 aromatic carbocycles. The van der Waals surface area contributed by atoms with E-state index in [2.05, 4.69) is 10.1 Å². The number of carbonyl (C=O) groups is 2. The topological polar surface area (TPSA) is 83.1 Å². The molecule has 1 N–H and O–H groups in total. The van der Waals surface area contributed by atoms with Crippen molar-refractivity contribution in [3.05, 3.63) is 23.8 Å². The van der Waals surface area contributed by atoms with E-state index < -0.39 is 5.97 Å². The lowest BCUT2D eigenvalue weighted by Crippen LogP contribution is -2.31. The highest BCUT2D eigenvalue weighted by molar-refractivity contribution is 5.80. The quantitative estimate of drug-likeness (QED) is 0.671. The van der Waals surface area contributed by atoms with Gasteiger partial charge in [-0.2, -0.15) is 0 Å². The smallest absolute Gasteiger partial charge is 0.332 e. The van der Waals surface area contributed by atoms with Crippen LogP contribution in [-0.2, 0) is 25.5 Å². The molecule has 0 bridgehead atoms. The summed E-state index contributed by atoms with van der Waals surface area (Å²) in [6.45, 7) is -0.0524. The molecule has 1 amide bonds. The van der Waals surface area contributed by atoms with Crippen LogP contribution in [0, 0.1) is 0 Å². The van der Waals surface area contributed by atoms with E-state index in [0.29, 0.717) is 24.5 Å². The molecule has 1 aromatic rings. The predicted octanol–water partition coefficient (Wildman–Crippen LogP) is 0.552. The predicted molar refractivity (Wildman–Crippen MR) is 79.1 cm³/mol. The minimum absolute atomic E-state index is 0.168. The molecule has 0 saturated carbocycles. The Bertz CT molecular complexity index is 503. The fraction of sp³-hybridized carbons (Fsp3) is 0.467. The summed E-state index contributed by atoms with van der Waals surface area (Å²) in [5.74, 6) is 0.364. The monoisotopic (exact) mass is 311 g/mol. The normalized spacial score (nSPS) is 9.95. The van der Waals surface area contributed by atoms with Gasteiger partial charge in [0.2, 0.25) is 0 Å². The Morgan fingerprint density at radius 2 is 1.77 bits per heavy atom. The lowest BCUT2D eigenvalue weighted by Gasteiger charge is -2.10. The maximum absolute atomic E-state index is 11.5. The first-order valence-corrected chi connectivity index (χ1v) is 6.72. The average molecular weight is 311 g/mol. The highest BCUT2D eigenvalue weighted by Gasteiger charge is 2.08. The standard InChI is InChI=1S/C15H21NO6/c1-19-10-15(18)22-9-14(17)16-7-6-11-4-5-12(20-2)13(8-11)21-3/h4-5,8H,6-7,9-10H2,1-3H3,(H,16,17).